The highest BCUT2D eigenvalue weighted by atomic mass is 16.5. The number of carbonyl (C=O) groups excluding carboxylic acids is 2. The zero-order valence-corrected chi connectivity index (χ0v) is 25.7. The SMILES string of the molecule is CCC(C)(C)C(=O)OC1CCC2(C)C(C1)CC(O)C1C2CC(O)C2(C)C(C(C)CCC(=O)NCCC#N)CCC12. The molecule has 0 heterocycles. The van der Waals surface area contributed by atoms with Crippen LogP contribution in [0.4, 0.5) is 0 Å². The third-order valence-electron chi connectivity index (χ3n) is 12.6. The number of nitriles is 1. The van der Waals surface area contributed by atoms with Gasteiger partial charge in [-0.1, -0.05) is 27.7 Å². The molecule has 0 aromatic carbocycles. The van der Waals surface area contributed by atoms with E-state index in [1.165, 1.54) is 0 Å². The lowest BCUT2D eigenvalue weighted by molar-refractivity contribution is -0.210. The lowest BCUT2D eigenvalue weighted by atomic mass is 9.43. The third-order valence-corrected chi connectivity index (χ3v) is 12.6. The molecule has 226 valence electrons. The minimum Gasteiger partial charge on any atom is -0.462 e. The Bertz CT molecular complexity index is 976. The number of hydrogen-bond donors (Lipinski definition) is 3. The van der Waals surface area contributed by atoms with Gasteiger partial charge in [0, 0.05) is 13.0 Å². The normalized spacial score (nSPS) is 41.6. The van der Waals surface area contributed by atoms with Gasteiger partial charge < -0.3 is 20.3 Å². The van der Waals surface area contributed by atoms with Crippen molar-refractivity contribution in [1.29, 1.82) is 5.26 Å². The number of esters is 1. The smallest absolute Gasteiger partial charge is 0.311 e. The number of ether oxygens (including phenoxy) is 1. The van der Waals surface area contributed by atoms with Gasteiger partial charge in [-0.05, 0) is 118 Å². The summed E-state index contributed by atoms with van der Waals surface area (Å²) in [6.07, 6.45) is 7.48. The molecule has 0 aromatic heterocycles. The lowest BCUT2D eigenvalue weighted by Gasteiger charge is -2.63. The minimum atomic E-state index is -0.479. The summed E-state index contributed by atoms with van der Waals surface area (Å²) in [4.78, 5) is 25.1. The monoisotopic (exact) mass is 558 g/mol. The highest BCUT2D eigenvalue weighted by molar-refractivity contribution is 5.76. The standard InChI is InChI=1S/C33H54N2O5/c1-7-31(3,4)30(39)40-22-13-14-32(5)21(17-22)18-26(36)29-24-11-10-23(33(24,6)27(37)19-25(29)32)20(2)9-12-28(38)35-16-8-15-34/h20-27,29,36-37H,7-14,16-19H2,1-6H3,(H,35,38). The Kier molecular flexibility index (Phi) is 9.32. The summed E-state index contributed by atoms with van der Waals surface area (Å²) in [7, 11) is 0. The first kappa shape index (κ1) is 31.3. The van der Waals surface area contributed by atoms with E-state index in [1.807, 2.05) is 20.8 Å². The maximum Gasteiger partial charge on any atom is 0.311 e. The number of nitrogens with zero attached hydrogens (tertiary/aromatic N) is 1. The van der Waals surface area contributed by atoms with E-state index in [2.05, 4.69) is 32.2 Å². The Morgan fingerprint density at radius 1 is 1.12 bits per heavy atom. The summed E-state index contributed by atoms with van der Waals surface area (Å²) < 4.78 is 6.01. The molecular weight excluding hydrogens is 504 g/mol. The molecule has 4 aliphatic rings. The van der Waals surface area contributed by atoms with Crippen LogP contribution < -0.4 is 5.32 Å². The molecule has 0 bridgehead atoms. The average Bonchev–Trinajstić information content (AvgIpc) is 3.27. The molecular formula is C33H54N2O5. The maximum absolute atomic E-state index is 12.8. The van der Waals surface area contributed by atoms with Gasteiger partial charge >= 0.3 is 5.97 Å². The Hall–Kier alpha value is -1.65. The highest BCUT2D eigenvalue weighted by Gasteiger charge is 2.65. The number of aliphatic hydroxyl groups is 2. The van der Waals surface area contributed by atoms with Crippen molar-refractivity contribution in [3.63, 3.8) is 0 Å². The number of rotatable bonds is 9. The Morgan fingerprint density at radius 2 is 1.85 bits per heavy atom. The zero-order chi connectivity index (χ0) is 29.5. The van der Waals surface area contributed by atoms with E-state index in [1.54, 1.807) is 0 Å². The Morgan fingerprint density at radius 3 is 2.52 bits per heavy atom. The van der Waals surface area contributed by atoms with Gasteiger partial charge in [-0.15, -0.1) is 0 Å². The predicted molar refractivity (Wildman–Crippen MR) is 154 cm³/mol. The van der Waals surface area contributed by atoms with E-state index in [4.69, 9.17) is 10.00 Å². The van der Waals surface area contributed by atoms with E-state index in [0.29, 0.717) is 37.6 Å². The number of carbonyl (C=O) groups is 2. The fourth-order valence-corrected chi connectivity index (χ4v) is 9.58. The second kappa shape index (κ2) is 11.9. The van der Waals surface area contributed by atoms with Crippen LogP contribution in [0, 0.1) is 63.1 Å². The van der Waals surface area contributed by atoms with Crippen molar-refractivity contribution in [2.45, 2.75) is 130 Å². The summed E-state index contributed by atoms with van der Waals surface area (Å²) in [5.74, 6) is 1.48. The number of amides is 1. The zero-order valence-electron chi connectivity index (χ0n) is 25.7. The summed E-state index contributed by atoms with van der Waals surface area (Å²) in [5, 5.41) is 35.0. The second-order valence-electron chi connectivity index (χ2n) is 14.9. The van der Waals surface area contributed by atoms with Gasteiger partial charge in [0.1, 0.15) is 6.10 Å². The van der Waals surface area contributed by atoms with Crippen molar-refractivity contribution >= 4 is 11.9 Å². The number of nitrogens with one attached hydrogen (secondary N) is 1. The van der Waals surface area contributed by atoms with Crippen molar-refractivity contribution < 1.29 is 24.5 Å². The fraction of sp³-hybridized carbons (Fsp3) is 0.909. The molecule has 3 N–H and O–H groups in total. The van der Waals surface area contributed by atoms with Crippen molar-refractivity contribution in [2.24, 2.45) is 51.8 Å². The van der Waals surface area contributed by atoms with Crippen LogP contribution in [0.25, 0.3) is 0 Å². The van der Waals surface area contributed by atoms with Crippen LogP contribution in [-0.2, 0) is 14.3 Å². The van der Waals surface area contributed by atoms with Crippen LogP contribution in [0.2, 0.25) is 0 Å². The molecule has 11 atom stereocenters. The van der Waals surface area contributed by atoms with Gasteiger partial charge in [-0.3, -0.25) is 9.59 Å². The van der Waals surface area contributed by atoms with E-state index in [9.17, 15) is 19.8 Å². The van der Waals surface area contributed by atoms with E-state index in [0.717, 1.165) is 51.4 Å². The highest BCUT2D eigenvalue weighted by Crippen LogP contribution is 2.68. The Labute approximate surface area is 241 Å². The van der Waals surface area contributed by atoms with Crippen molar-refractivity contribution in [2.75, 3.05) is 6.54 Å². The summed E-state index contributed by atoms with van der Waals surface area (Å²) in [5.41, 5.74) is -0.714. The molecule has 4 fully saturated rings. The maximum atomic E-state index is 12.8. The van der Waals surface area contributed by atoms with Crippen LogP contribution in [-0.4, -0.2) is 46.9 Å². The number of hydrogen-bond acceptors (Lipinski definition) is 6. The van der Waals surface area contributed by atoms with Gasteiger partial charge in [-0.2, -0.15) is 5.26 Å². The van der Waals surface area contributed by atoms with Crippen LogP contribution in [0.1, 0.15) is 112 Å². The first-order chi connectivity index (χ1) is 18.8. The quantitative estimate of drug-likeness (QED) is 0.258. The second-order valence-corrected chi connectivity index (χ2v) is 14.9. The van der Waals surface area contributed by atoms with Gasteiger partial charge in [0.25, 0.3) is 0 Å². The molecule has 0 aliphatic heterocycles. The molecule has 4 saturated carbocycles. The first-order valence-electron chi connectivity index (χ1n) is 16.0. The van der Waals surface area contributed by atoms with Crippen molar-refractivity contribution in [3.8, 4) is 6.07 Å². The molecule has 7 heteroatoms. The molecule has 1 amide bonds. The third kappa shape index (κ3) is 5.56. The van der Waals surface area contributed by atoms with Gasteiger partial charge in [0.15, 0.2) is 0 Å². The molecule has 0 spiro atoms. The molecule has 4 rings (SSSR count). The molecule has 11 unspecified atom stereocenters. The van der Waals surface area contributed by atoms with Crippen LogP contribution in [0.5, 0.6) is 0 Å². The minimum absolute atomic E-state index is 0.00716. The molecule has 7 nitrogen and oxygen atoms in total. The van der Waals surface area contributed by atoms with Crippen molar-refractivity contribution in [1.82, 2.24) is 5.32 Å². The Balaban J connectivity index is 1.44. The molecule has 0 saturated heterocycles. The predicted octanol–water partition coefficient (Wildman–Crippen LogP) is 5.38. The van der Waals surface area contributed by atoms with E-state index >= 15 is 0 Å². The van der Waals surface area contributed by atoms with E-state index < -0.39 is 17.6 Å². The molecule has 0 radical (unpaired) electrons. The van der Waals surface area contributed by atoms with Gasteiger partial charge in [0.2, 0.25) is 5.91 Å². The molecule has 40 heavy (non-hydrogen) atoms. The molecule has 4 aliphatic carbocycles. The van der Waals surface area contributed by atoms with E-state index in [-0.39, 0.29) is 52.5 Å². The summed E-state index contributed by atoms with van der Waals surface area (Å²) in [6.45, 7) is 13.2. The van der Waals surface area contributed by atoms with Crippen molar-refractivity contribution in [3.05, 3.63) is 0 Å². The van der Waals surface area contributed by atoms with Gasteiger partial charge in [-0.25, -0.2) is 0 Å². The lowest BCUT2D eigenvalue weighted by Crippen LogP contribution is -2.62. The van der Waals surface area contributed by atoms with Gasteiger partial charge in [0.05, 0.1) is 30.1 Å². The van der Waals surface area contributed by atoms with Crippen LogP contribution >= 0.6 is 0 Å². The van der Waals surface area contributed by atoms with Crippen LogP contribution in [0.3, 0.4) is 0 Å². The summed E-state index contributed by atoms with van der Waals surface area (Å²) in [6, 6.07) is 2.05. The molecule has 0 aromatic rings. The largest absolute Gasteiger partial charge is 0.462 e. The topological polar surface area (TPSA) is 120 Å². The number of fused-ring (bicyclic) bond motifs is 5. The average molecular weight is 559 g/mol. The van der Waals surface area contributed by atoms with Crippen LogP contribution in [0.15, 0.2) is 0 Å². The first-order valence-corrected chi connectivity index (χ1v) is 16.0. The summed E-state index contributed by atoms with van der Waals surface area (Å²) >= 11 is 0. The fourth-order valence-electron chi connectivity index (χ4n) is 9.58. The number of aliphatic hydroxyl groups excluding tert-OH is 2.